The van der Waals surface area contributed by atoms with E-state index in [0.29, 0.717) is 12.1 Å². The molecule has 0 unspecified atom stereocenters. The van der Waals surface area contributed by atoms with Gasteiger partial charge in [0.2, 0.25) is 0 Å². The molecule has 0 aromatic heterocycles. The molecule has 20 heavy (non-hydrogen) atoms. The molecule has 0 aliphatic heterocycles. The second-order valence-corrected chi connectivity index (χ2v) is 6.00. The molecule has 0 saturated heterocycles. The fourth-order valence-corrected chi connectivity index (χ4v) is 2.40. The lowest BCUT2D eigenvalue weighted by Gasteiger charge is -2.14. The minimum Gasteiger partial charge on any atom is -0.378 e. The Hall–Kier alpha value is -1.56. The molecule has 2 aromatic rings. The Morgan fingerprint density at radius 3 is 2.60 bits per heavy atom. The number of hydrogen-bond acceptors (Lipinski definition) is 2. The summed E-state index contributed by atoms with van der Waals surface area (Å²) < 4.78 is 1.06. The van der Waals surface area contributed by atoms with Crippen molar-refractivity contribution in [3.8, 4) is 0 Å². The predicted molar refractivity (Wildman–Crippen MR) is 91.1 cm³/mol. The van der Waals surface area contributed by atoms with Crippen LogP contribution in [0.3, 0.4) is 0 Å². The van der Waals surface area contributed by atoms with E-state index < -0.39 is 0 Å². The molecule has 0 heterocycles. The number of amides is 1. The van der Waals surface area contributed by atoms with Gasteiger partial charge in [-0.05, 0) is 58.5 Å². The van der Waals surface area contributed by atoms with E-state index in [9.17, 15) is 4.79 Å². The minimum atomic E-state index is -0.0428. The summed E-state index contributed by atoms with van der Waals surface area (Å²) in [4.78, 5) is 14.1. The van der Waals surface area contributed by atoms with Crippen LogP contribution in [0.15, 0.2) is 48.5 Å². The summed E-state index contributed by atoms with van der Waals surface area (Å²) in [7, 11) is 4.01. The van der Waals surface area contributed by atoms with Crippen molar-refractivity contribution < 1.29 is 4.79 Å². The number of benzene rings is 2. The summed E-state index contributed by atoms with van der Waals surface area (Å²) >= 11 is 2.20. The molecule has 0 atom stereocenters. The highest BCUT2D eigenvalue weighted by molar-refractivity contribution is 14.1. The van der Waals surface area contributed by atoms with E-state index in [-0.39, 0.29) is 5.91 Å². The molecule has 0 radical (unpaired) electrons. The Morgan fingerprint density at radius 2 is 1.90 bits per heavy atom. The van der Waals surface area contributed by atoms with Crippen molar-refractivity contribution in [3.05, 3.63) is 63.2 Å². The van der Waals surface area contributed by atoms with E-state index in [0.717, 1.165) is 14.8 Å². The molecule has 0 saturated carbocycles. The zero-order chi connectivity index (χ0) is 14.5. The van der Waals surface area contributed by atoms with E-state index in [2.05, 4.69) is 34.0 Å². The van der Waals surface area contributed by atoms with Gasteiger partial charge in [-0.2, -0.15) is 0 Å². The van der Waals surface area contributed by atoms with Crippen LogP contribution in [0.4, 0.5) is 5.69 Å². The fourth-order valence-electron chi connectivity index (χ4n) is 1.86. The first kappa shape index (κ1) is 14.8. The predicted octanol–water partition coefficient (Wildman–Crippen LogP) is 3.29. The molecule has 2 rings (SSSR count). The summed E-state index contributed by atoms with van der Waals surface area (Å²) in [6, 6.07) is 15.7. The maximum atomic E-state index is 12.1. The van der Waals surface area contributed by atoms with Gasteiger partial charge in [-0.1, -0.05) is 18.2 Å². The molecule has 1 amide bonds. The molecule has 2 aromatic carbocycles. The molecule has 1 N–H and O–H groups in total. The zero-order valence-electron chi connectivity index (χ0n) is 11.6. The maximum Gasteiger partial charge on any atom is 0.251 e. The monoisotopic (exact) mass is 380 g/mol. The van der Waals surface area contributed by atoms with Gasteiger partial charge in [-0.15, -0.1) is 0 Å². The van der Waals surface area contributed by atoms with Crippen LogP contribution in [0.25, 0.3) is 0 Å². The lowest BCUT2D eigenvalue weighted by atomic mass is 10.1. The highest BCUT2D eigenvalue weighted by Crippen LogP contribution is 2.13. The minimum absolute atomic E-state index is 0.0428. The van der Waals surface area contributed by atoms with E-state index in [1.165, 1.54) is 0 Å². The summed E-state index contributed by atoms with van der Waals surface area (Å²) in [6.07, 6.45) is 0. The number of hydrogen-bond donors (Lipinski definition) is 1. The lowest BCUT2D eigenvalue weighted by Crippen LogP contribution is -2.23. The molecule has 0 aliphatic rings. The SMILES string of the molecule is CN(C)c1cccc(CNC(=O)c2cccc(I)c2)c1. The topological polar surface area (TPSA) is 32.3 Å². The van der Waals surface area contributed by atoms with E-state index in [4.69, 9.17) is 0 Å². The zero-order valence-corrected chi connectivity index (χ0v) is 13.7. The molecule has 3 nitrogen and oxygen atoms in total. The molecular weight excluding hydrogens is 363 g/mol. The Morgan fingerprint density at radius 1 is 1.15 bits per heavy atom. The third kappa shape index (κ3) is 3.96. The van der Waals surface area contributed by atoms with Gasteiger partial charge < -0.3 is 10.2 Å². The van der Waals surface area contributed by atoms with Gasteiger partial charge >= 0.3 is 0 Å². The molecule has 0 fully saturated rings. The Labute approximate surface area is 133 Å². The van der Waals surface area contributed by atoms with Crippen molar-refractivity contribution in [1.82, 2.24) is 5.32 Å². The first-order valence-electron chi connectivity index (χ1n) is 6.36. The van der Waals surface area contributed by atoms with Gasteiger partial charge in [0, 0.05) is 35.5 Å². The van der Waals surface area contributed by atoms with Gasteiger partial charge in [-0.3, -0.25) is 4.79 Å². The number of carbonyl (C=O) groups is 1. The third-order valence-electron chi connectivity index (χ3n) is 2.97. The highest BCUT2D eigenvalue weighted by atomic mass is 127. The molecule has 0 bridgehead atoms. The highest BCUT2D eigenvalue weighted by Gasteiger charge is 2.05. The quantitative estimate of drug-likeness (QED) is 0.826. The van der Waals surface area contributed by atoms with Crippen molar-refractivity contribution in [1.29, 1.82) is 0 Å². The van der Waals surface area contributed by atoms with Crippen LogP contribution in [-0.4, -0.2) is 20.0 Å². The Balaban J connectivity index is 2.02. The van der Waals surface area contributed by atoms with Crippen LogP contribution in [0.1, 0.15) is 15.9 Å². The summed E-state index contributed by atoms with van der Waals surface area (Å²) in [6.45, 7) is 0.534. The van der Waals surface area contributed by atoms with Crippen molar-refractivity contribution in [2.75, 3.05) is 19.0 Å². The number of carbonyl (C=O) groups excluding carboxylic acids is 1. The van der Waals surface area contributed by atoms with E-state index >= 15 is 0 Å². The number of nitrogens with zero attached hydrogens (tertiary/aromatic N) is 1. The molecule has 0 spiro atoms. The molecule has 0 aliphatic carbocycles. The fraction of sp³-hybridized carbons (Fsp3) is 0.188. The van der Waals surface area contributed by atoms with Crippen molar-refractivity contribution in [3.63, 3.8) is 0 Å². The average molecular weight is 380 g/mol. The first-order chi connectivity index (χ1) is 9.56. The number of nitrogens with one attached hydrogen (secondary N) is 1. The summed E-state index contributed by atoms with van der Waals surface area (Å²) in [5, 5.41) is 2.95. The van der Waals surface area contributed by atoms with Crippen LogP contribution in [0.5, 0.6) is 0 Å². The van der Waals surface area contributed by atoms with Gasteiger partial charge in [0.15, 0.2) is 0 Å². The smallest absolute Gasteiger partial charge is 0.251 e. The largest absolute Gasteiger partial charge is 0.378 e. The van der Waals surface area contributed by atoms with E-state index in [1.54, 1.807) is 0 Å². The second-order valence-electron chi connectivity index (χ2n) is 4.76. The Kier molecular flexibility index (Phi) is 5.00. The summed E-state index contributed by atoms with van der Waals surface area (Å²) in [5.41, 5.74) is 2.92. The Bertz CT molecular complexity index is 611. The standard InChI is InChI=1S/C16H17IN2O/c1-19(2)15-8-3-5-12(9-15)11-18-16(20)13-6-4-7-14(17)10-13/h3-10H,11H2,1-2H3,(H,18,20). The van der Waals surface area contributed by atoms with E-state index in [1.807, 2.05) is 61.5 Å². The average Bonchev–Trinajstić information content (AvgIpc) is 2.45. The number of rotatable bonds is 4. The van der Waals surface area contributed by atoms with Crippen molar-refractivity contribution in [2.45, 2.75) is 6.54 Å². The molecular formula is C16H17IN2O. The van der Waals surface area contributed by atoms with Gasteiger partial charge in [0.05, 0.1) is 0 Å². The van der Waals surface area contributed by atoms with Gasteiger partial charge in [-0.25, -0.2) is 0 Å². The van der Waals surface area contributed by atoms with Crippen molar-refractivity contribution in [2.24, 2.45) is 0 Å². The molecule has 4 heteroatoms. The number of halogens is 1. The summed E-state index contributed by atoms with van der Waals surface area (Å²) in [5.74, 6) is -0.0428. The van der Waals surface area contributed by atoms with Gasteiger partial charge in [0.25, 0.3) is 5.91 Å². The first-order valence-corrected chi connectivity index (χ1v) is 7.44. The lowest BCUT2D eigenvalue weighted by molar-refractivity contribution is 0.0951. The van der Waals surface area contributed by atoms with Crippen LogP contribution in [0.2, 0.25) is 0 Å². The number of anilines is 1. The molecule has 104 valence electrons. The van der Waals surface area contributed by atoms with Crippen LogP contribution < -0.4 is 10.2 Å². The van der Waals surface area contributed by atoms with Gasteiger partial charge in [0.1, 0.15) is 0 Å². The van der Waals surface area contributed by atoms with Crippen LogP contribution in [-0.2, 0) is 6.54 Å². The normalized spacial score (nSPS) is 10.2. The third-order valence-corrected chi connectivity index (χ3v) is 3.64. The van der Waals surface area contributed by atoms with Crippen LogP contribution >= 0.6 is 22.6 Å². The van der Waals surface area contributed by atoms with Crippen molar-refractivity contribution >= 4 is 34.2 Å². The maximum absolute atomic E-state index is 12.1. The van der Waals surface area contributed by atoms with Crippen LogP contribution in [0, 0.1) is 3.57 Å². The second kappa shape index (κ2) is 6.74.